The maximum Gasteiger partial charge on any atom is 3.00 e. The summed E-state index contributed by atoms with van der Waals surface area (Å²) in [7, 11) is 0. The molecule has 0 aromatic heterocycles. The second-order valence-electron chi connectivity index (χ2n) is 0. The van der Waals surface area contributed by atoms with Gasteiger partial charge in [-0.3, -0.25) is 0 Å². The Morgan fingerprint density at radius 1 is 0.333 bits per heavy atom. The molecule has 0 heterocycles. The zero-order valence-electron chi connectivity index (χ0n) is 4.61. The van der Waals surface area contributed by atoms with Crippen LogP contribution in [0.4, 0.5) is 0 Å². The number of hydrogen-bond acceptors (Lipinski definition) is 0. The van der Waals surface area contributed by atoms with Crippen molar-refractivity contribution in [2.24, 2.45) is 0 Å². The topological polar surface area (TPSA) is 142 Å². The summed E-state index contributed by atoms with van der Waals surface area (Å²) in [6, 6.07) is 0. The Bertz CT molecular complexity index is 12.9. The molecule has 0 N–H and O–H groups in total. The minimum atomic E-state index is 0. The van der Waals surface area contributed by atoms with Gasteiger partial charge in [0.05, 0.1) is 0 Å². The standard InChI is InChI=1S/2Ba.5O.2Sc/q2*+2;5*-2;2*+3. The molecule has 0 fully saturated rings. The average molecular weight is 445 g/mol. The Hall–Kier alpha value is 4.68. The molecule has 9 heteroatoms. The molecule has 9 heavy (non-hydrogen) atoms. The van der Waals surface area contributed by atoms with E-state index in [1.165, 1.54) is 0 Å². The zero-order chi connectivity index (χ0) is 0. The van der Waals surface area contributed by atoms with Gasteiger partial charge in [-0.2, -0.15) is 0 Å². The zero-order valence-corrected chi connectivity index (χ0v) is 17.1. The van der Waals surface area contributed by atoms with Crippen LogP contribution in [0.5, 0.6) is 0 Å². The molecular formula is Ba2O5Sc2. The van der Waals surface area contributed by atoms with Crippen molar-refractivity contribution in [1.82, 2.24) is 0 Å². The molecule has 0 bridgehead atoms. The van der Waals surface area contributed by atoms with Gasteiger partial charge >= 0.3 is 149 Å². The van der Waals surface area contributed by atoms with Crippen LogP contribution in [0.15, 0.2) is 0 Å². The summed E-state index contributed by atoms with van der Waals surface area (Å²) in [5.74, 6) is 0. The van der Waals surface area contributed by atoms with Crippen molar-refractivity contribution in [3.63, 3.8) is 0 Å². The van der Waals surface area contributed by atoms with Crippen LogP contribution in [0.25, 0.3) is 0 Å². The van der Waals surface area contributed by atoms with E-state index < -0.39 is 0 Å². The van der Waals surface area contributed by atoms with Crippen LogP contribution in [-0.2, 0) is 79.1 Å². The molecule has 0 amide bonds. The predicted octanol–water partition coefficient (Wildman–Crippen LogP) is -1.36. The summed E-state index contributed by atoms with van der Waals surface area (Å²) in [6.45, 7) is 0. The second kappa shape index (κ2) is 78.9. The van der Waals surface area contributed by atoms with Gasteiger partial charge in [0.25, 0.3) is 0 Å². The van der Waals surface area contributed by atoms with Gasteiger partial charge in [-0.05, 0) is 0 Å². The van der Waals surface area contributed by atoms with Gasteiger partial charge < -0.3 is 27.4 Å². The van der Waals surface area contributed by atoms with Gasteiger partial charge in [-0.15, -0.1) is 0 Å². The maximum atomic E-state index is 0. The van der Waals surface area contributed by atoms with Gasteiger partial charge in [0.2, 0.25) is 0 Å². The van der Waals surface area contributed by atoms with Crippen molar-refractivity contribution in [3.05, 3.63) is 0 Å². The Morgan fingerprint density at radius 3 is 0.333 bits per heavy atom. The Kier molecular flexibility index (Phi) is 880. The Labute approximate surface area is 172 Å². The van der Waals surface area contributed by atoms with Gasteiger partial charge in [0.15, 0.2) is 0 Å². The van der Waals surface area contributed by atoms with Crippen LogP contribution in [-0.4, -0.2) is 97.8 Å². The molecule has 5 nitrogen and oxygen atoms in total. The summed E-state index contributed by atoms with van der Waals surface area (Å²) in [6.07, 6.45) is 0. The molecule has 0 saturated heterocycles. The first-order valence-corrected chi connectivity index (χ1v) is 0. The van der Waals surface area contributed by atoms with E-state index in [2.05, 4.69) is 0 Å². The molecule has 0 unspecified atom stereocenters. The normalized spacial score (nSPS) is 0. The average Bonchev–Trinajstić information content (AvgIpc) is 0. The van der Waals surface area contributed by atoms with Crippen LogP contribution in [0, 0.1) is 0 Å². The smallest absolute Gasteiger partial charge is 2.00 e. The molecule has 0 aromatic carbocycles. The van der Waals surface area contributed by atoms with E-state index >= 15 is 0 Å². The van der Waals surface area contributed by atoms with Crippen molar-refractivity contribution >= 4 is 97.8 Å². The first-order valence-electron chi connectivity index (χ1n) is 0. The van der Waals surface area contributed by atoms with E-state index in [0.717, 1.165) is 0 Å². The molecule has 0 aromatic rings. The molecule has 0 aliphatic heterocycles. The molecule has 0 spiro atoms. The first-order chi connectivity index (χ1) is 0. The SMILES string of the molecule is [Ba+2].[Ba+2].[O-2].[O-2].[O-2].[O-2].[O-2].[Sc+3].[Sc+3]. The largest absolute Gasteiger partial charge is 3.00 e. The van der Waals surface area contributed by atoms with Crippen molar-refractivity contribution in [2.45, 2.75) is 0 Å². The van der Waals surface area contributed by atoms with E-state index in [0.29, 0.717) is 0 Å². The number of rotatable bonds is 0. The second-order valence-corrected chi connectivity index (χ2v) is 0. The van der Waals surface area contributed by atoms with Gasteiger partial charge in [0, 0.05) is 0 Å². The maximum absolute atomic E-state index is 0. The minimum Gasteiger partial charge on any atom is -2.00 e. The van der Waals surface area contributed by atoms with Crippen LogP contribution in [0.2, 0.25) is 0 Å². The fraction of sp³-hybridized carbons (Fsp3) is 0. The molecule has 0 radical (unpaired) electrons. The molecule has 0 saturated carbocycles. The van der Waals surface area contributed by atoms with Crippen LogP contribution < -0.4 is 0 Å². The van der Waals surface area contributed by atoms with Crippen molar-refractivity contribution < 1.29 is 79.1 Å². The summed E-state index contributed by atoms with van der Waals surface area (Å²) < 4.78 is 0. The first kappa shape index (κ1) is 100. The van der Waals surface area contributed by atoms with Gasteiger partial charge in [0.1, 0.15) is 0 Å². The Morgan fingerprint density at radius 2 is 0.333 bits per heavy atom. The third-order valence-corrected chi connectivity index (χ3v) is 0. The fourth-order valence-corrected chi connectivity index (χ4v) is 0. The number of hydrogen-bond donors (Lipinski definition) is 0. The van der Waals surface area contributed by atoms with Crippen molar-refractivity contribution in [3.8, 4) is 0 Å². The van der Waals surface area contributed by atoms with Crippen LogP contribution in [0.3, 0.4) is 0 Å². The summed E-state index contributed by atoms with van der Waals surface area (Å²) in [5.41, 5.74) is 0. The third kappa shape index (κ3) is 66.0. The Balaban J connectivity index is 0. The molecule has 40 valence electrons. The quantitative estimate of drug-likeness (QED) is 0.407. The summed E-state index contributed by atoms with van der Waals surface area (Å²) in [5, 5.41) is 0. The molecule has 0 rings (SSSR count). The summed E-state index contributed by atoms with van der Waals surface area (Å²) >= 11 is 0. The molecule has 0 atom stereocenters. The van der Waals surface area contributed by atoms with E-state index in [1.54, 1.807) is 0 Å². The van der Waals surface area contributed by atoms with E-state index in [9.17, 15) is 0 Å². The van der Waals surface area contributed by atoms with E-state index in [4.69, 9.17) is 0 Å². The van der Waals surface area contributed by atoms with Crippen LogP contribution >= 0.6 is 0 Å². The van der Waals surface area contributed by atoms with Crippen LogP contribution in [0.1, 0.15) is 0 Å². The molecule has 0 aliphatic rings. The fourth-order valence-electron chi connectivity index (χ4n) is 0. The molecular weight excluding hydrogens is 445 g/mol. The van der Waals surface area contributed by atoms with Gasteiger partial charge in [-0.25, -0.2) is 0 Å². The van der Waals surface area contributed by atoms with Crippen molar-refractivity contribution in [1.29, 1.82) is 0 Å². The summed E-state index contributed by atoms with van der Waals surface area (Å²) in [4.78, 5) is 0. The van der Waals surface area contributed by atoms with Crippen molar-refractivity contribution in [2.75, 3.05) is 0 Å². The van der Waals surface area contributed by atoms with Gasteiger partial charge in [-0.1, -0.05) is 0 Å². The minimum absolute atomic E-state index is 0. The predicted molar refractivity (Wildman–Crippen MR) is 14.9 cm³/mol. The molecule has 0 aliphatic carbocycles. The van der Waals surface area contributed by atoms with E-state index in [1.807, 2.05) is 0 Å². The monoisotopic (exact) mass is 446 g/mol. The van der Waals surface area contributed by atoms with E-state index in [-0.39, 0.29) is 177 Å². The third-order valence-electron chi connectivity index (χ3n) is 0.